The smallest absolute Gasteiger partial charge is 0.179 e. The van der Waals surface area contributed by atoms with Gasteiger partial charge in [-0.15, -0.1) is 0 Å². The summed E-state index contributed by atoms with van der Waals surface area (Å²) in [5.41, 5.74) is 2.42. The largest absolute Gasteiger partial charge is 0.329 e. The fourth-order valence-corrected chi connectivity index (χ4v) is 6.11. The molecule has 0 spiro atoms. The van der Waals surface area contributed by atoms with Gasteiger partial charge in [-0.25, -0.2) is 4.98 Å². The Hall–Kier alpha value is -1.16. The third-order valence-electron chi connectivity index (χ3n) is 5.92. The van der Waals surface area contributed by atoms with Crippen molar-refractivity contribution in [3.8, 4) is 0 Å². The highest BCUT2D eigenvalue weighted by Gasteiger charge is 2.52. The Labute approximate surface area is 123 Å². The predicted octanol–water partition coefficient (Wildman–Crippen LogP) is 4.02. The molecule has 2 heterocycles. The Balaban J connectivity index is 1.75. The van der Waals surface area contributed by atoms with Gasteiger partial charge in [-0.05, 0) is 80.6 Å². The lowest BCUT2D eigenvalue weighted by Gasteiger charge is -2.57. The van der Waals surface area contributed by atoms with Crippen LogP contribution in [0.1, 0.15) is 38.5 Å². The van der Waals surface area contributed by atoms with E-state index < -0.39 is 0 Å². The van der Waals surface area contributed by atoms with Crippen molar-refractivity contribution < 1.29 is 0 Å². The van der Waals surface area contributed by atoms with Gasteiger partial charge in [-0.1, -0.05) is 0 Å². The molecule has 4 fully saturated rings. The lowest BCUT2D eigenvalue weighted by molar-refractivity contribution is -0.0419. The lowest BCUT2D eigenvalue weighted by atomic mass is 9.53. The molecular weight excluding hydrogens is 266 g/mol. The van der Waals surface area contributed by atoms with Gasteiger partial charge in [-0.2, -0.15) is 0 Å². The Morgan fingerprint density at radius 3 is 2.45 bits per heavy atom. The van der Waals surface area contributed by atoms with Gasteiger partial charge >= 0.3 is 0 Å². The second kappa shape index (κ2) is 3.73. The molecule has 0 radical (unpaired) electrons. The molecule has 0 aromatic carbocycles. The fraction of sp³-hybridized carbons (Fsp3) is 0.625. The summed E-state index contributed by atoms with van der Waals surface area (Å²) in [6.07, 6.45) is 10.2. The van der Waals surface area contributed by atoms with Crippen molar-refractivity contribution in [1.82, 2.24) is 14.5 Å². The summed E-state index contributed by atoms with van der Waals surface area (Å²) in [5, 5.41) is 0. The molecule has 0 atom stereocenters. The topological polar surface area (TPSA) is 33.6 Å². The molecule has 4 aliphatic rings. The van der Waals surface area contributed by atoms with Gasteiger partial charge in [0, 0.05) is 11.7 Å². The van der Waals surface area contributed by atoms with Gasteiger partial charge in [0.25, 0.3) is 0 Å². The molecule has 4 aliphatic carbocycles. The van der Waals surface area contributed by atoms with E-state index in [0.29, 0.717) is 0 Å². The van der Waals surface area contributed by atoms with Crippen LogP contribution in [0.5, 0.6) is 0 Å². The van der Waals surface area contributed by atoms with E-state index in [1.54, 1.807) is 0 Å². The van der Waals surface area contributed by atoms with E-state index in [2.05, 4.69) is 20.6 Å². The third kappa shape index (κ3) is 1.40. The number of rotatable bonds is 1. The maximum Gasteiger partial charge on any atom is 0.179 e. The van der Waals surface area contributed by atoms with Crippen LogP contribution in [0, 0.1) is 22.5 Å². The molecule has 0 amide bonds. The summed E-state index contributed by atoms with van der Waals surface area (Å²) in [6, 6.07) is 4.08. The van der Waals surface area contributed by atoms with Crippen molar-refractivity contribution in [3.05, 3.63) is 23.1 Å². The molecule has 4 bridgehead atoms. The molecule has 0 saturated heterocycles. The first-order valence-electron chi connectivity index (χ1n) is 7.80. The number of aromatic amines is 1. The Kier molecular flexibility index (Phi) is 2.14. The first-order chi connectivity index (χ1) is 9.73. The third-order valence-corrected chi connectivity index (χ3v) is 6.21. The van der Waals surface area contributed by atoms with Crippen LogP contribution in [0.15, 0.2) is 18.3 Å². The lowest BCUT2D eigenvalue weighted by Crippen LogP contribution is -2.51. The minimum absolute atomic E-state index is 0.262. The molecule has 2 aromatic rings. The second-order valence-electron chi connectivity index (χ2n) is 7.28. The zero-order chi connectivity index (χ0) is 13.3. The molecule has 3 nitrogen and oxygen atoms in total. The van der Waals surface area contributed by atoms with Gasteiger partial charge in [0.15, 0.2) is 10.4 Å². The van der Waals surface area contributed by atoms with E-state index >= 15 is 0 Å². The first kappa shape index (κ1) is 11.5. The Morgan fingerprint density at radius 2 is 1.80 bits per heavy atom. The highest BCUT2D eigenvalue weighted by molar-refractivity contribution is 7.71. The molecule has 4 heteroatoms. The van der Waals surface area contributed by atoms with Crippen LogP contribution in [0.25, 0.3) is 11.2 Å². The molecule has 6 rings (SSSR count). The van der Waals surface area contributed by atoms with Crippen LogP contribution >= 0.6 is 12.2 Å². The molecular formula is C16H19N3S. The number of nitrogens with one attached hydrogen (secondary N) is 1. The average molecular weight is 285 g/mol. The van der Waals surface area contributed by atoms with Crippen LogP contribution in [0.4, 0.5) is 0 Å². The molecule has 4 saturated carbocycles. The summed E-state index contributed by atoms with van der Waals surface area (Å²) in [6.45, 7) is 0. The Bertz CT molecular complexity index is 706. The van der Waals surface area contributed by atoms with Crippen molar-refractivity contribution in [3.63, 3.8) is 0 Å². The summed E-state index contributed by atoms with van der Waals surface area (Å²) in [5.74, 6) is 2.78. The SMILES string of the molecule is S=c1[nH]c2cccnc2n1C12CC3CC(CC(C3)C1)C2. The van der Waals surface area contributed by atoms with E-state index in [1.165, 1.54) is 38.5 Å². The van der Waals surface area contributed by atoms with Gasteiger partial charge in [0.2, 0.25) is 0 Å². The van der Waals surface area contributed by atoms with Crippen molar-refractivity contribution >= 4 is 23.4 Å². The zero-order valence-corrected chi connectivity index (χ0v) is 12.3. The quantitative estimate of drug-likeness (QED) is 0.803. The predicted molar refractivity (Wildman–Crippen MR) is 81.1 cm³/mol. The fourth-order valence-electron chi connectivity index (χ4n) is 5.72. The number of imidazole rings is 1. The summed E-state index contributed by atoms with van der Waals surface area (Å²) in [4.78, 5) is 7.99. The maximum absolute atomic E-state index is 5.66. The number of hydrogen-bond acceptors (Lipinski definition) is 2. The van der Waals surface area contributed by atoms with E-state index in [-0.39, 0.29) is 5.54 Å². The van der Waals surface area contributed by atoms with Crippen LogP contribution in [0.2, 0.25) is 0 Å². The maximum atomic E-state index is 5.66. The standard InChI is InChI=1S/C16H19N3S/c20-15-18-13-2-1-3-17-14(13)19(15)16-7-10-4-11(8-16)6-12(5-10)9-16/h1-3,10-12H,4-9H2,(H,18,20). The van der Waals surface area contributed by atoms with Crippen molar-refractivity contribution in [2.45, 2.75) is 44.1 Å². The molecule has 0 unspecified atom stereocenters. The molecule has 0 aliphatic heterocycles. The number of pyridine rings is 1. The highest BCUT2D eigenvalue weighted by atomic mass is 32.1. The summed E-state index contributed by atoms with van der Waals surface area (Å²) < 4.78 is 3.27. The zero-order valence-electron chi connectivity index (χ0n) is 11.5. The molecule has 20 heavy (non-hydrogen) atoms. The number of nitrogens with zero attached hydrogens (tertiary/aromatic N) is 2. The second-order valence-corrected chi connectivity index (χ2v) is 7.67. The van der Waals surface area contributed by atoms with Crippen LogP contribution in [-0.4, -0.2) is 14.5 Å². The Morgan fingerprint density at radius 1 is 1.15 bits per heavy atom. The van der Waals surface area contributed by atoms with Gasteiger partial charge in [0.05, 0.1) is 5.52 Å². The highest BCUT2D eigenvalue weighted by Crippen LogP contribution is 2.59. The monoisotopic (exact) mass is 285 g/mol. The first-order valence-corrected chi connectivity index (χ1v) is 8.21. The number of hydrogen-bond donors (Lipinski definition) is 1. The van der Waals surface area contributed by atoms with Gasteiger partial charge < -0.3 is 4.98 Å². The normalized spacial score (nSPS) is 38.7. The van der Waals surface area contributed by atoms with Crippen LogP contribution < -0.4 is 0 Å². The van der Waals surface area contributed by atoms with Crippen LogP contribution in [-0.2, 0) is 5.54 Å². The van der Waals surface area contributed by atoms with Crippen molar-refractivity contribution in [2.75, 3.05) is 0 Å². The molecule has 2 aromatic heterocycles. The number of fused-ring (bicyclic) bond motifs is 1. The number of H-pyrrole nitrogens is 1. The van der Waals surface area contributed by atoms with Crippen molar-refractivity contribution in [2.24, 2.45) is 17.8 Å². The van der Waals surface area contributed by atoms with Gasteiger partial charge in [0.1, 0.15) is 0 Å². The summed E-state index contributed by atoms with van der Waals surface area (Å²) in [7, 11) is 0. The molecule has 104 valence electrons. The number of aromatic nitrogens is 3. The average Bonchev–Trinajstić information content (AvgIpc) is 2.73. The van der Waals surface area contributed by atoms with Gasteiger partial charge in [-0.3, -0.25) is 4.57 Å². The van der Waals surface area contributed by atoms with E-state index in [1.807, 2.05) is 12.3 Å². The van der Waals surface area contributed by atoms with Crippen LogP contribution in [0.3, 0.4) is 0 Å². The minimum Gasteiger partial charge on any atom is -0.329 e. The minimum atomic E-state index is 0.262. The molecule has 1 N–H and O–H groups in total. The van der Waals surface area contributed by atoms with E-state index in [4.69, 9.17) is 12.2 Å². The van der Waals surface area contributed by atoms with E-state index in [0.717, 1.165) is 33.7 Å². The van der Waals surface area contributed by atoms with Crippen molar-refractivity contribution in [1.29, 1.82) is 0 Å². The summed E-state index contributed by atoms with van der Waals surface area (Å²) >= 11 is 5.66. The van der Waals surface area contributed by atoms with E-state index in [9.17, 15) is 0 Å².